The zero-order valence-electron chi connectivity index (χ0n) is 18.5. The molecule has 1 aromatic heterocycles. The summed E-state index contributed by atoms with van der Waals surface area (Å²) in [6.07, 6.45) is 1.25. The number of benzene rings is 2. The van der Waals surface area contributed by atoms with Gasteiger partial charge < -0.3 is 19.1 Å². The van der Waals surface area contributed by atoms with E-state index in [-0.39, 0.29) is 6.10 Å². The van der Waals surface area contributed by atoms with Crippen molar-refractivity contribution in [3.8, 4) is 22.6 Å². The van der Waals surface area contributed by atoms with Crippen molar-refractivity contribution >= 4 is 17.6 Å². The highest BCUT2D eigenvalue weighted by Gasteiger charge is 2.18. The van der Waals surface area contributed by atoms with E-state index in [0.717, 1.165) is 41.3 Å². The van der Waals surface area contributed by atoms with Gasteiger partial charge in [0.15, 0.2) is 0 Å². The van der Waals surface area contributed by atoms with Gasteiger partial charge in [0.05, 0.1) is 31.7 Å². The molecule has 1 aliphatic heterocycles. The molecule has 1 saturated heterocycles. The number of hydrogen-bond donors (Lipinski definition) is 1. The Bertz CT molecular complexity index is 1070. The van der Waals surface area contributed by atoms with Gasteiger partial charge in [-0.2, -0.15) is 0 Å². The van der Waals surface area contributed by atoms with E-state index in [9.17, 15) is 4.79 Å². The maximum absolute atomic E-state index is 12.5. The molecule has 1 fully saturated rings. The van der Waals surface area contributed by atoms with Crippen LogP contribution in [0.5, 0.6) is 11.5 Å². The van der Waals surface area contributed by atoms with Crippen LogP contribution >= 0.6 is 0 Å². The largest absolute Gasteiger partial charge is 0.497 e. The zero-order valence-corrected chi connectivity index (χ0v) is 18.5. The summed E-state index contributed by atoms with van der Waals surface area (Å²) in [4.78, 5) is 19.1. The van der Waals surface area contributed by atoms with Gasteiger partial charge in [0.1, 0.15) is 17.3 Å². The van der Waals surface area contributed by atoms with Crippen LogP contribution in [-0.4, -0.2) is 44.0 Å². The summed E-state index contributed by atoms with van der Waals surface area (Å²) >= 11 is 0. The fourth-order valence-electron chi connectivity index (χ4n) is 3.73. The normalized spacial score (nSPS) is 15.8. The lowest BCUT2D eigenvalue weighted by Gasteiger charge is -2.32. The Balaban J connectivity index is 1.41. The number of methoxy groups -OCH3 is 1. The number of nitrogens with one attached hydrogen (secondary N) is 1. The third kappa shape index (κ3) is 5.00. The highest BCUT2D eigenvalue weighted by Crippen LogP contribution is 2.31. The number of hydrogen-bond acceptors (Lipinski definition) is 6. The summed E-state index contributed by atoms with van der Waals surface area (Å²) < 4.78 is 16.4. The first-order chi connectivity index (χ1) is 15.5. The maximum atomic E-state index is 12.5. The predicted octanol–water partition coefficient (Wildman–Crippen LogP) is 4.90. The van der Waals surface area contributed by atoms with Crippen molar-refractivity contribution in [2.75, 3.05) is 37.0 Å². The van der Waals surface area contributed by atoms with Crippen LogP contribution in [0.2, 0.25) is 0 Å². The van der Waals surface area contributed by atoms with Gasteiger partial charge in [-0.1, -0.05) is 24.3 Å². The van der Waals surface area contributed by atoms with Crippen LogP contribution in [-0.2, 0) is 4.74 Å². The van der Waals surface area contributed by atoms with E-state index in [1.54, 1.807) is 19.4 Å². The second kappa shape index (κ2) is 9.70. The lowest BCUT2D eigenvalue weighted by Crippen LogP contribution is -2.41. The number of morpholine rings is 1. The van der Waals surface area contributed by atoms with E-state index in [1.165, 1.54) is 0 Å². The molecule has 0 radical (unpaired) electrons. The molecule has 0 spiro atoms. The quantitative estimate of drug-likeness (QED) is 0.617. The summed E-state index contributed by atoms with van der Waals surface area (Å²) in [5, 5.41) is 2.75. The number of aromatic nitrogens is 1. The van der Waals surface area contributed by atoms with Crippen molar-refractivity contribution in [1.29, 1.82) is 0 Å². The number of rotatable bonds is 5. The number of anilines is 2. The molecular weight excluding hydrogens is 406 g/mol. The third-order valence-electron chi connectivity index (χ3n) is 5.45. The standard InChI is InChI=1S/C25H27N3O4/c1-17-16-28(13-14-31-17)24-12-9-20(15-26-24)27-25(29)32-23-6-4-5-22(18(23)2)19-7-10-21(30-3)11-8-19/h4-12,15,17H,13-14,16H2,1-3H3,(H,27,29). The molecule has 2 heterocycles. The summed E-state index contributed by atoms with van der Waals surface area (Å²) in [7, 11) is 1.64. The van der Waals surface area contributed by atoms with Crippen molar-refractivity contribution < 1.29 is 19.0 Å². The van der Waals surface area contributed by atoms with Crippen LogP contribution in [0.4, 0.5) is 16.3 Å². The average molecular weight is 434 g/mol. The van der Waals surface area contributed by atoms with Gasteiger partial charge in [-0.15, -0.1) is 0 Å². The van der Waals surface area contributed by atoms with E-state index in [0.29, 0.717) is 18.0 Å². The fraction of sp³-hybridized carbons (Fsp3) is 0.280. The first-order valence-electron chi connectivity index (χ1n) is 10.6. The fourth-order valence-corrected chi connectivity index (χ4v) is 3.73. The molecular formula is C25H27N3O4. The second-order valence-electron chi connectivity index (χ2n) is 7.70. The molecule has 0 saturated carbocycles. The molecule has 7 heteroatoms. The Kier molecular flexibility index (Phi) is 6.56. The summed E-state index contributed by atoms with van der Waals surface area (Å²) in [5.74, 6) is 2.16. The molecule has 2 aromatic carbocycles. The van der Waals surface area contributed by atoms with Gasteiger partial charge in [0, 0.05) is 13.1 Å². The van der Waals surface area contributed by atoms with Crippen LogP contribution < -0.4 is 19.7 Å². The van der Waals surface area contributed by atoms with Crippen molar-refractivity contribution in [1.82, 2.24) is 4.98 Å². The molecule has 32 heavy (non-hydrogen) atoms. The third-order valence-corrected chi connectivity index (χ3v) is 5.45. The SMILES string of the molecule is COc1ccc(-c2cccc(OC(=O)Nc3ccc(N4CCOC(C)C4)nc3)c2C)cc1. The van der Waals surface area contributed by atoms with Crippen LogP contribution in [0.1, 0.15) is 12.5 Å². The van der Waals surface area contributed by atoms with E-state index in [2.05, 4.69) is 15.2 Å². The molecule has 3 aromatic rings. The van der Waals surface area contributed by atoms with Crippen LogP contribution in [0.3, 0.4) is 0 Å². The molecule has 1 unspecified atom stereocenters. The lowest BCUT2D eigenvalue weighted by atomic mass is 10.00. The highest BCUT2D eigenvalue weighted by molar-refractivity contribution is 5.87. The van der Waals surface area contributed by atoms with Crippen molar-refractivity contribution in [2.24, 2.45) is 0 Å². The minimum atomic E-state index is -0.561. The van der Waals surface area contributed by atoms with Gasteiger partial charge >= 0.3 is 6.09 Å². The Morgan fingerprint density at radius 3 is 2.66 bits per heavy atom. The van der Waals surface area contributed by atoms with Crippen LogP contribution in [0.15, 0.2) is 60.8 Å². The van der Waals surface area contributed by atoms with E-state index in [1.807, 2.05) is 62.4 Å². The second-order valence-corrected chi connectivity index (χ2v) is 7.70. The molecule has 1 aliphatic rings. The number of pyridine rings is 1. The molecule has 1 N–H and O–H groups in total. The summed E-state index contributed by atoms with van der Waals surface area (Å²) in [5.41, 5.74) is 3.46. The van der Waals surface area contributed by atoms with Gasteiger partial charge in [0.25, 0.3) is 0 Å². The van der Waals surface area contributed by atoms with Gasteiger partial charge in [-0.25, -0.2) is 9.78 Å². The predicted molar refractivity (Wildman–Crippen MR) is 125 cm³/mol. The number of ether oxygens (including phenoxy) is 3. The highest BCUT2D eigenvalue weighted by atomic mass is 16.6. The average Bonchev–Trinajstić information content (AvgIpc) is 2.81. The number of carbonyl (C=O) groups excluding carboxylic acids is 1. The van der Waals surface area contributed by atoms with Crippen LogP contribution in [0.25, 0.3) is 11.1 Å². The van der Waals surface area contributed by atoms with Crippen LogP contribution in [0, 0.1) is 6.92 Å². The minimum absolute atomic E-state index is 0.176. The maximum Gasteiger partial charge on any atom is 0.417 e. The molecule has 0 aliphatic carbocycles. The van der Waals surface area contributed by atoms with E-state index in [4.69, 9.17) is 14.2 Å². The Morgan fingerprint density at radius 2 is 1.97 bits per heavy atom. The van der Waals surface area contributed by atoms with E-state index >= 15 is 0 Å². The Labute approximate surface area is 187 Å². The minimum Gasteiger partial charge on any atom is -0.497 e. The molecule has 1 atom stereocenters. The van der Waals surface area contributed by atoms with Gasteiger partial charge in [0.2, 0.25) is 0 Å². The number of carbonyl (C=O) groups is 1. The molecule has 7 nitrogen and oxygen atoms in total. The van der Waals surface area contributed by atoms with Gasteiger partial charge in [-0.3, -0.25) is 5.32 Å². The number of amides is 1. The van der Waals surface area contributed by atoms with E-state index < -0.39 is 6.09 Å². The lowest BCUT2D eigenvalue weighted by molar-refractivity contribution is 0.0529. The van der Waals surface area contributed by atoms with Crippen molar-refractivity contribution in [3.05, 3.63) is 66.4 Å². The van der Waals surface area contributed by atoms with Gasteiger partial charge in [-0.05, 0) is 60.9 Å². The number of nitrogens with zero attached hydrogens (tertiary/aromatic N) is 2. The first kappa shape index (κ1) is 21.6. The first-order valence-corrected chi connectivity index (χ1v) is 10.6. The van der Waals surface area contributed by atoms with Crippen molar-refractivity contribution in [3.63, 3.8) is 0 Å². The summed E-state index contributed by atoms with van der Waals surface area (Å²) in [6, 6.07) is 17.1. The monoisotopic (exact) mass is 433 g/mol. The molecule has 0 bridgehead atoms. The topological polar surface area (TPSA) is 72.9 Å². The Morgan fingerprint density at radius 1 is 1.16 bits per heavy atom. The smallest absolute Gasteiger partial charge is 0.417 e. The molecule has 4 rings (SSSR count). The Hall–Kier alpha value is -3.58. The molecule has 166 valence electrons. The molecule has 1 amide bonds. The zero-order chi connectivity index (χ0) is 22.5. The summed E-state index contributed by atoms with van der Waals surface area (Å²) in [6.45, 7) is 6.26. The van der Waals surface area contributed by atoms with Crippen molar-refractivity contribution in [2.45, 2.75) is 20.0 Å².